The van der Waals surface area contributed by atoms with E-state index in [0.717, 1.165) is 32.0 Å². The molecule has 0 radical (unpaired) electrons. The Morgan fingerprint density at radius 3 is 2.38 bits per heavy atom. The van der Waals surface area contributed by atoms with Gasteiger partial charge in [-0.2, -0.15) is 0 Å². The van der Waals surface area contributed by atoms with E-state index in [1.54, 1.807) is 0 Å². The van der Waals surface area contributed by atoms with E-state index < -0.39 is 7.21 Å². The summed E-state index contributed by atoms with van der Waals surface area (Å²) in [6.45, 7) is 12.2. The van der Waals surface area contributed by atoms with Crippen molar-refractivity contribution in [2.24, 2.45) is 4.74 Å². The molecule has 29 heavy (non-hydrogen) atoms. The molecule has 1 saturated heterocycles. The molecule has 0 saturated carbocycles. The van der Waals surface area contributed by atoms with Gasteiger partial charge in [0.05, 0.1) is 20.4 Å². The lowest BCUT2D eigenvalue weighted by atomic mass is 10.2. The molecule has 1 unspecified atom stereocenters. The standard InChI is InChI=1S/C22H29IN3OPS/c1-17-16-18(23)10-11-20(17)24-21(29)25-28(22(2,3)4,19-8-6-5-7-9-19)26-12-14-27-15-13-26/h5-11,16H,12-15H2,1-4H3,(H,24,29). The highest BCUT2D eigenvalue weighted by Gasteiger charge is 2.42. The number of thiocarbonyl (C=S) groups is 1. The lowest BCUT2D eigenvalue weighted by molar-refractivity contribution is 0.0738. The number of benzene rings is 2. The van der Waals surface area contributed by atoms with Crippen molar-refractivity contribution in [3.8, 4) is 0 Å². The van der Waals surface area contributed by atoms with Crippen molar-refractivity contribution in [2.45, 2.75) is 32.9 Å². The molecule has 1 atom stereocenters. The smallest absolute Gasteiger partial charge is 0.197 e. The van der Waals surface area contributed by atoms with Crippen molar-refractivity contribution in [3.05, 3.63) is 57.7 Å². The third-order valence-electron chi connectivity index (χ3n) is 5.11. The third kappa shape index (κ3) is 5.10. The second-order valence-corrected chi connectivity index (χ2v) is 13.6. The first-order chi connectivity index (χ1) is 13.7. The van der Waals surface area contributed by atoms with Gasteiger partial charge in [0.2, 0.25) is 0 Å². The van der Waals surface area contributed by atoms with Gasteiger partial charge in [-0.25, -0.2) is 4.74 Å². The van der Waals surface area contributed by atoms with E-state index in [-0.39, 0.29) is 5.16 Å². The second kappa shape index (κ2) is 9.56. The van der Waals surface area contributed by atoms with Crippen LogP contribution >= 0.6 is 42.0 Å². The number of aryl methyl sites for hydroxylation is 1. The summed E-state index contributed by atoms with van der Waals surface area (Å²) in [5.74, 6) is 0. The lowest BCUT2D eigenvalue weighted by Crippen LogP contribution is -2.43. The second-order valence-electron chi connectivity index (χ2n) is 8.16. The molecule has 156 valence electrons. The normalized spacial score (nSPS) is 17.4. The van der Waals surface area contributed by atoms with Gasteiger partial charge in [-0.3, -0.25) is 4.67 Å². The Morgan fingerprint density at radius 1 is 1.14 bits per heavy atom. The minimum absolute atomic E-state index is 0.0709. The van der Waals surface area contributed by atoms with E-state index in [1.807, 2.05) is 0 Å². The first kappa shape index (κ1) is 22.9. The predicted molar refractivity (Wildman–Crippen MR) is 138 cm³/mol. The van der Waals surface area contributed by atoms with Gasteiger partial charge in [-0.05, 0) is 65.5 Å². The molecule has 0 aromatic heterocycles. The zero-order valence-electron chi connectivity index (χ0n) is 17.5. The van der Waals surface area contributed by atoms with Crippen LogP contribution < -0.4 is 10.6 Å². The third-order valence-corrected chi connectivity index (χ3v) is 10.7. The van der Waals surface area contributed by atoms with Crippen LogP contribution in [0.1, 0.15) is 26.3 Å². The van der Waals surface area contributed by atoms with E-state index in [2.05, 4.69) is 109 Å². The van der Waals surface area contributed by atoms with Crippen molar-refractivity contribution < 1.29 is 4.74 Å². The average Bonchev–Trinajstić information content (AvgIpc) is 2.69. The van der Waals surface area contributed by atoms with Gasteiger partial charge in [0.15, 0.2) is 5.11 Å². The Bertz CT molecular complexity index is 921. The average molecular weight is 541 g/mol. The Hall–Kier alpha value is -0.790. The summed E-state index contributed by atoms with van der Waals surface area (Å²) in [4.78, 5) is 0. The fourth-order valence-corrected chi connectivity index (χ4v) is 9.01. The van der Waals surface area contributed by atoms with Crippen LogP contribution in [0.2, 0.25) is 0 Å². The van der Waals surface area contributed by atoms with Crippen molar-refractivity contribution in [3.63, 3.8) is 0 Å². The zero-order valence-corrected chi connectivity index (χ0v) is 21.4. The summed E-state index contributed by atoms with van der Waals surface area (Å²) in [5.41, 5.74) is 2.18. The number of hydrogen-bond acceptors (Lipinski definition) is 2. The summed E-state index contributed by atoms with van der Waals surface area (Å²) >= 11 is 8.13. The molecule has 0 amide bonds. The lowest BCUT2D eigenvalue weighted by Gasteiger charge is -2.46. The number of rotatable bonds is 3. The van der Waals surface area contributed by atoms with Crippen molar-refractivity contribution >= 4 is 58.1 Å². The minimum Gasteiger partial charge on any atom is -0.379 e. The molecule has 7 heteroatoms. The molecule has 0 spiro atoms. The van der Waals surface area contributed by atoms with Gasteiger partial charge >= 0.3 is 0 Å². The Balaban J connectivity index is 2.11. The van der Waals surface area contributed by atoms with Gasteiger partial charge in [-0.1, -0.05) is 51.1 Å². The zero-order chi connectivity index (χ0) is 21.1. The summed E-state index contributed by atoms with van der Waals surface area (Å²) in [6.07, 6.45) is 0. The van der Waals surface area contributed by atoms with Crippen molar-refractivity contribution in [2.75, 3.05) is 31.6 Å². The number of anilines is 1. The van der Waals surface area contributed by atoms with Crippen LogP contribution in [-0.4, -0.2) is 41.2 Å². The summed E-state index contributed by atoms with van der Waals surface area (Å²) < 4.78 is 14.7. The van der Waals surface area contributed by atoms with Crippen LogP contribution in [0.3, 0.4) is 0 Å². The highest BCUT2D eigenvalue weighted by atomic mass is 127. The number of hydrogen-bond donors (Lipinski definition) is 1. The van der Waals surface area contributed by atoms with Crippen LogP contribution in [0.4, 0.5) is 5.69 Å². The van der Waals surface area contributed by atoms with E-state index in [4.69, 9.17) is 21.7 Å². The molecule has 2 aromatic rings. The van der Waals surface area contributed by atoms with Gasteiger partial charge in [0.1, 0.15) is 0 Å². The summed E-state index contributed by atoms with van der Waals surface area (Å²) in [6, 6.07) is 17.0. The van der Waals surface area contributed by atoms with E-state index in [9.17, 15) is 0 Å². The molecule has 0 aliphatic carbocycles. The molecular weight excluding hydrogens is 512 g/mol. The first-order valence-electron chi connectivity index (χ1n) is 9.82. The van der Waals surface area contributed by atoms with Gasteiger partial charge in [-0.15, -0.1) is 0 Å². The minimum atomic E-state index is -2.15. The van der Waals surface area contributed by atoms with E-state index >= 15 is 0 Å². The number of ether oxygens (including phenoxy) is 1. The van der Waals surface area contributed by atoms with Gasteiger partial charge in [0, 0.05) is 32.8 Å². The molecule has 1 heterocycles. The predicted octanol–water partition coefficient (Wildman–Crippen LogP) is 5.87. The Kier molecular flexibility index (Phi) is 7.55. The largest absolute Gasteiger partial charge is 0.379 e. The van der Waals surface area contributed by atoms with Gasteiger partial charge < -0.3 is 10.1 Å². The molecule has 3 rings (SSSR count). The molecule has 0 bridgehead atoms. The van der Waals surface area contributed by atoms with Crippen molar-refractivity contribution in [1.29, 1.82) is 0 Å². The fourth-order valence-electron chi connectivity index (χ4n) is 3.76. The monoisotopic (exact) mass is 541 g/mol. The number of halogens is 1. The quantitative estimate of drug-likeness (QED) is 0.300. The van der Waals surface area contributed by atoms with E-state index in [1.165, 1.54) is 14.4 Å². The summed E-state index contributed by atoms with van der Waals surface area (Å²) in [7, 11) is -2.15. The van der Waals surface area contributed by atoms with Crippen LogP contribution in [0, 0.1) is 10.5 Å². The SMILES string of the molecule is Cc1cc(I)ccc1NC(=S)N=P(c1ccccc1)(N1CCOCC1)C(C)(C)C. The van der Waals surface area contributed by atoms with E-state index in [0.29, 0.717) is 5.11 Å². The van der Waals surface area contributed by atoms with Crippen LogP contribution in [0.5, 0.6) is 0 Å². The molecule has 2 aromatic carbocycles. The maximum Gasteiger partial charge on any atom is 0.197 e. The summed E-state index contributed by atoms with van der Waals surface area (Å²) in [5, 5.41) is 5.14. The molecule has 1 fully saturated rings. The number of nitrogens with one attached hydrogen (secondary N) is 1. The maximum absolute atomic E-state index is 5.81. The molecule has 1 aliphatic rings. The first-order valence-corrected chi connectivity index (χ1v) is 13.0. The molecular formula is C22H29IN3OPS. The Morgan fingerprint density at radius 2 is 1.79 bits per heavy atom. The maximum atomic E-state index is 5.81. The van der Waals surface area contributed by atoms with Crippen LogP contribution in [0.25, 0.3) is 0 Å². The highest BCUT2D eigenvalue weighted by molar-refractivity contribution is 14.1. The molecule has 1 aliphatic heterocycles. The number of nitrogens with zero attached hydrogens (tertiary/aromatic N) is 2. The topological polar surface area (TPSA) is 36.9 Å². The Labute approximate surface area is 193 Å². The van der Waals surface area contributed by atoms with Gasteiger partial charge in [0.25, 0.3) is 0 Å². The van der Waals surface area contributed by atoms with Crippen LogP contribution in [-0.2, 0) is 4.74 Å². The highest BCUT2D eigenvalue weighted by Crippen LogP contribution is 2.62. The van der Waals surface area contributed by atoms with Crippen molar-refractivity contribution in [1.82, 2.24) is 4.67 Å². The number of morpholine rings is 1. The fraction of sp³-hybridized carbons (Fsp3) is 0.409. The molecule has 1 N–H and O–H groups in total. The van der Waals surface area contributed by atoms with Crippen LogP contribution in [0.15, 0.2) is 53.3 Å². The molecule has 4 nitrogen and oxygen atoms in total.